The molecule has 3 heteroatoms. The van der Waals surface area contributed by atoms with Crippen molar-refractivity contribution in [1.29, 1.82) is 0 Å². The number of amides is 1. The third kappa shape index (κ3) is 3.92. The fourth-order valence-electron chi connectivity index (χ4n) is 5.24. The average Bonchev–Trinajstić information content (AvgIpc) is 3.29. The lowest BCUT2D eigenvalue weighted by Crippen LogP contribution is -2.42. The molecule has 1 amide bonds. The van der Waals surface area contributed by atoms with Gasteiger partial charge in [0.05, 0.1) is 0 Å². The summed E-state index contributed by atoms with van der Waals surface area (Å²) in [5.41, 5.74) is 1.43. The molecule has 2 heterocycles. The van der Waals surface area contributed by atoms with Crippen molar-refractivity contribution < 1.29 is 4.79 Å². The van der Waals surface area contributed by atoms with E-state index in [1.807, 2.05) is 0 Å². The predicted octanol–water partition coefficient (Wildman–Crippen LogP) is 3.73. The number of rotatable bonds is 4. The number of carbonyl (C=O) groups is 1. The first-order valence-electron chi connectivity index (χ1n) is 10.4. The van der Waals surface area contributed by atoms with Gasteiger partial charge < -0.3 is 4.90 Å². The number of hydrogen-bond acceptors (Lipinski definition) is 2. The minimum atomic E-state index is 0.333. The highest BCUT2D eigenvalue weighted by Gasteiger charge is 2.41. The monoisotopic (exact) mass is 340 g/mol. The largest absolute Gasteiger partial charge is 0.341 e. The van der Waals surface area contributed by atoms with Crippen LogP contribution in [0.25, 0.3) is 0 Å². The molecule has 25 heavy (non-hydrogen) atoms. The molecule has 0 spiro atoms. The normalized spacial score (nSPS) is 28.1. The van der Waals surface area contributed by atoms with Crippen molar-refractivity contribution in [3.05, 3.63) is 35.9 Å². The molecule has 0 aromatic heterocycles. The highest BCUT2D eigenvalue weighted by molar-refractivity contribution is 5.79. The van der Waals surface area contributed by atoms with Crippen molar-refractivity contribution in [2.24, 2.45) is 11.8 Å². The van der Waals surface area contributed by atoms with Crippen molar-refractivity contribution in [1.82, 2.24) is 9.80 Å². The van der Waals surface area contributed by atoms with E-state index >= 15 is 0 Å². The molecular weight excluding hydrogens is 308 g/mol. The van der Waals surface area contributed by atoms with E-state index in [1.54, 1.807) is 0 Å². The summed E-state index contributed by atoms with van der Waals surface area (Å²) >= 11 is 0. The molecule has 3 aliphatic rings. The van der Waals surface area contributed by atoms with E-state index in [-0.39, 0.29) is 0 Å². The molecule has 2 atom stereocenters. The third-order valence-corrected chi connectivity index (χ3v) is 6.69. The maximum atomic E-state index is 12.9. The summed E-state index contributed by atoms with van der Waals surface area (Å²) in [5, 5.41) is 0. The summed E-state index contributed by atoms with van der Waals surface area (Å²) in [6.45, 7) is 4.34. The van der Waals surface area contributed by atoms with Gasteiger partial charge in [0.2, 0.25) is 5.91 Å². The number of benzene rings is 1. The first-order valence-corrected chi connectivity index (χ1v) is 10.4. The van der Waals surface area contributed by atoms with E-state index in [9.17, 15) is 4.79 Å². The second-order valence-electron chi connectivity index (χ2n) is 8.32. The average molecular weight is 341 g/mol. The van der Waals surface area contributed by atoms with Crippen LogP contribution >= 0.6 is 0 Å². The van der Waals surface area contributed by atoms with Crippen LogP contribution in [0.5, 0.6) is 0 Å². The van der Waals surface area contributed by atoms with Gasteiger partial charge in [0.15, 0.2) is 0 Å². The topological polar surface area (TPSA) is 23.6 Å². The molecule has 0 unspecified atom stereocenters. The molecular formula is C22H32N2O. The summed E-state index contributed by atoms with van der Waals surface area (Å²) in [5.74, 6) is 1.50. The summed E-state index contributed by atoms with van der Waals surface area (Å²) in [4.78, 5) is 17.8. The maximum Gasteiger partial charge on any atom is 0.225 e. The van der Waals surface area contributed by atoms with Crippen LogP contribution in [-0.4, -0.2) is 47.9 Å². The van der Waals surface area contributed by atoms with Gasteiger partial charge in [0, 0.05) is 31.6 Å². The lowest BCUT2D eigenvalue weighted by molar-refractivity contribution is -0.134. The Kier molecular flexibility index (Phi) is 5.40. The number of hydrogen-bond donors (Lipinski definition) is 0. The second kappa shape index (κ2) is 7.90. The van der Waals surface area contributed by atoms with Gasteiger partial charge >= 0.3 is 0 Å². The fourth-order valence-corrected chi connectivity index (χ4v) is 5.24. The molecule has 0 N–H and O–H groups in total. The van der Waals surface area contributed by atoms with Gasteiger partial charge in [0.1, 0.15) is 0 Å². The molecule has 1 aromatic rings. The van der Waals surface area contributed by atoms with E-state index in [0.29, 0.717) is 23.8 Å². The highest BCUT2D eigenvalue weighted by Crippen LogP contribution is 2.33. The summed E-state index contributed by atoms with van der Waals surface area (Å²) in [6, 6.07) is 11.4. The van der Waals surface area contributed by atoms with E-state index in [0.717, 1.165) is 38.9 Å². The Morgan fingerprint density at radius 2 is 1.72 bits per heavy atom. The molecule has 1 aliphatic carbocycles. The quantitative estimate of drug-likeness (QED) is 0.834. The smallest absolute Gasteiger partial charge is 0.225 e. The van der Waals surface area contributed by atoms with Crippen LogP contribution in [0.15, 0.2) is 30.3 Å². The zero-order chi connectivity index (χ0) is 17.1. The third-order valence-electron chi connectivity index (χ3n) is 6.69. The second-order valence-corrected chi connectivity index (χ2v) is 8.32. The molecule has 2 saturated heterocycles. The summed E-state index contributed by atoms with van der Waals surface area (Å²) in [6.07, 6.45) is 9.83. The molecule has 3 fully saturated rings. The Balaban J connectivity index is 1.39. The maximum absolute atomic E-state index is 12.9. The van der Waals surface area contributed by atoms with Gasteiger partial charge in [-0.3, -0.25) is 9.69 Å². The zero-order valence-corrected chi connectivity index (χ0v) is 15.4. The van der Waals surface area contributed by atoms with Gasteiger partial charge in [-0.2, -0.15) is 0 Å². The Morgan fingerprint density at radius 1 is 0.960 bits per heavy atom. The van der Waals surface area contributed by atoms with Crippen LogP contribution in [0.2, 0.25) is 0 Å². The number of nitrogens with zero attached hydrogens (tertiary/aromatic N) is 2. The molecule has 0 radical (unpaired) electrons. The van der Waals surface area contributed by atoms with Crippen molar-refractivity contribution in [2.45, 2.75) is 57.4 Å². The van der Waals surface area contributed by atoms with Crippen LogP contribution in [0, 0.1) is 11.8 Å². The first-order chi connectivity index (χ1) is 12.3. The minimum absolute atomic E-state index is 0.333. The Bertz CT molecular complexity index is 567. The van der Waals surface area contributed by atoms with Crippen molar-refractivity contribution in [2.75, 3.05) is 26.2 Å². The van der Waals surface area contributed by atoms with E-state index in [2.05, 4.69) is 40.1 Å². The molecule has 0 bridgehead atoms. The van der Waals surface area contributed by atoms with Crippen molar-refractivity contribution >= 4 is 5.91 Å². The molecule has 136 valence electrons. The summed E-state index contributed by atoms with van der Waals surface area (Å²) < 4.78 is 0. The van der Waals surface area contributed by atoms with Crippen molar-refractivity contribution in [3.8, 4) is 0 Å². The van der Waals surface area contributed by atoms with Crippen LogP contribution < -0.4 is 0 Å². The van der Waals surface area contributed by atoms with E-state index in [1.165, 1.54) is 44.2 Å². The van der Waals surface area contributed by atoms with E-state index in [4.69, 9.17) is 0 Å². The van der Waals surface area contributed by atoms with Gasteiger partial charge in [-0.1, -0.05) is 49.6 Å². The zero-order valence-electron chi connectivity index (χ0n) is 15.4. The van der Waals surface area contributed by atoms with Gasteiger partial charge in [-0.05, 0) is 50.1 Å². The Labute approximate surface area is 152 Å². The molecule has 3 nitrogen and oxygen atoms in total. The Morgan fingerprint density at radius 3 is 2.52 bits per heavy atom. The predicted molar refractivity (Wildman–Crippen MR) is 101 cm³/mol. The standard InChI is InChI=1S/C22H32N2O/c25-22(19-10-4-5-11-19)24-16-20-12-6-7-14-23(21(20)17-24)15-13-18-8-2-1-3-9-18/h1-3,8-9,19-21H,4-7,10-17H2/t20-,21+/m0/s1. The molecule has 1 aromatic carbocycles. The molecule has 2 aliphatic heterocycles. The summed E-state index contributed by atoms with van der Waals surface area (Å²) in [7, 11) is 0. The SMILES string of the molecule is O=C(C1CCCC1)N1C[C@@H]2CCCCN(CCc3ccccc3)[C@@H]2C1. The number of likely N-dealkylation sites (tertiary alicyclic amines) is 2. The van der Waals surface area contributed by atoms with Crippen LogP contribution in [-0.2, 0) is 11.2 Å². The minimum Gasteiger partial charge on any atom is -0.341 e. The van der Waals surface area contributed by atoms with Gasteiger partial charge in [-0.15, -0.1) is 0 Å². The number of fused-ring (bicyclic) bond motifs is 1. The van der Waals surface area contributed by atoms with Crippen molar-refractivity contribution in [3.63, 3.8) is 0 Å². The fraction of sp³-hybridized carbons (Fsp3) is 0.682. The lowest BCUT2D eigenvalue weighted by atomic mass is 9.98. The molecule has 4 rings (SSSR count). The molecule has 1 saturated carbocycles. The van der Waals surface area contributed by atoms with E-state index < -0.39 is 0 Å². The lowest BCUT2D eigenvalue weighted by Gasteiger charge is -2.30. The van der Waals surface area contributed by atoms with Crippen LogP contribution in [0.4, 0.5) is 0 Å². The first kappa shape index (κ1) is 17.1. The number of carbonyl (C=O) groups excluding carboxylic acids is 1. The highest BCUT2D eigenvalue weighted by atomic mass is 16.2. The van der Waals surface area contributed by atoms with Crippen LogP contribution in [0.1, 0.15) is 50.5 Å². The van der Waals surface area contributed by atoms with Gasteiger partial charge in [0.25, 0.3) is 0 Å². The van der Waals surface area contributed by atoms with Crippen LogP contribution in [0.3, 0.4) is 0 Å². The Hall–Kier alpha value is -1.35. The van der Waals surface area contributed by atoms with Gasteiger partial charge in [-0.25, -0.2) is 0 Å².